The molecule has 0 atom stereocenters. The average Bonchev–Trinajstić information content (AvgIpc) is 2.29. The molecule has 0 bridgehead atoms. The second-order valence-electron chi connectivity index (χ2n) is 2.95. The van der Waals surface area contributed by atoms with Crippen LogP contribution in [0.4, 0.5) is 0 Å². The predicted molar refractivity (Wildman–Crippen MR) is 57.4 cm³/mol. The van der Waals surface area contributed by atoms with Crippen molar-refractivity contribution in [3.05, 3.63) is 15.0 Å². The lowest BCUT2D eigenvalue weighted by atomic mass is 10.2. The highest BCUT2D eigenvalue weighted by Gasteiger charge is 2.13. The summed E-state index contributed by atoms with van der Waals surface area (Å²) in [6, 6.07) is 0. The molecule has 1 heterocycles. The van der Waals surface area contributed by atoms with Crippen molar-refractivity contribution in [3.8, 4) is 0 Å². The zero-order chi connectivity index (χ0) is 9.30. The van der Waals surface area contributed by atoms with E-state index in [0.717, 1.165) is 21.6 Å². The normalized spacial score (nSPS) is 11.2. The van der Waals surface area contributed by atoms with Crippen LogP contribution in [0.25, 0.3) is 0 Å². The Bertz CT molecular complexity index is 279. The summed E-state index contributed by atoms with van der Waals surface area (Å²) in [5, 5.41) is 0. The van der Waals surface area contributed by atoms with Gasteiger partial charge in [0.15, 0.2) is 0 Å². The summed E-state index contributed by atoms with van der Waals surface area (Å²) in [6.45, 7) is 7.36. The van der Waals surface area contributed by atoms with Crippen LogP contribution in [-0.4, -0.2) is 9.55 Å². The Kier molecular flexibility index (Phi) is 3.35. The minimum absolute atomic E-state index is 0.465. The van der Waals surface area contributed by atoms with E-state index in [0.29, 0.717) is 5.92 Å². The molecule has 0 saturated heterocycles. The SMILES string of the molecule is CCn1c(C(C)C)nc(Br)c1Br. The van der Waals surface area contributed by atoms with Gasteiger partial charge in [-0.25, -0.2) is 4.98 Å². The summed E-state index contributed by atoms with van der Waals surface area (Å²) >= 11 is 6.88. The molecular weight excluding hydrogens is 284 g/mol. The standard InChI is InChI=1S/C8H12Br2N2/c1-4-12-7(10)6(9)11-8(12)5(2)3/h5H,4H2,1-3H3. The molecule has 0 unspecified atom stereocenters. The maximum Gasteiger partial charge on any atom is 0.139 e. The Morgan fingerprint density at radius 2 is 2.00 bits per heavy atom. The van der Waals surface area contributed by atoms with E-state index >= 15 is 0 Å². The largest absolute Gasteiger partial charge is 0.322 e. The summed E-state index contributed by atoms with van der Waals surface area (Å²) in [5.41, 5.74) is 0. The molecule has 0 aliphatic heterocycles. The molecule has 68 valence electrons. The highest BCUT2D eigenvalue weighted by Crippen LogP contribution is 2.27. The van der Waals surface area contributed by atoms with E-state index in [1.807, 2.05) is 0 Å². The number of aromatic nitrogens is 2. The zero-order valence-electron chi connectivity index (χ0n) is 7.43. The van der Waals surface area contributed by atoms with Gasteiger partial charge in [-0.05, 0) is 38.8 Å². The van der Waals surface area contributed by atoms with Gasteiger partial charge in [-0.3, -0.25) is 0 Å². The molecule has 1 aromatic heterocycles. The van der Waals surface area contributed by atoms with Crippen molar-refractivity contribution in [1.29, 1.82) is 0 Å². The lowest BCUT2D eigenvalue weighted by molar-refractivity contribution is 0.643. The van der Waals surface area contributed by atoms with E-state index in [2.05, 4.69) is 62.2 Å². The van der Waals surface area contributed by atoms with E-state index in [4.69, 9.17) is 0 Å². The third-order valence-corrected chi connectivity index (χ3v) is 3.62. The van der Waals surface area contributed by atoms with Crippen molar-refractivity contribution in [2.24, 2.45) is 0 Å². The van der Waals surface area contributed by atoms with Gasteiger partial charge in [0.25, 0.3) is 0 Å². The highest BCUT2D eigenvalue weighted by atomic mass is 79.9. The van der Waals surface area contributed by atoms with Gasteiger partial charge in [0.2, 0.25) is 0 Å². The summed E-state index contributed by atoms with van der Waals surface area (Å²) in [6.07, 6.45) is 0. The van der Waals surface area contributed by atoms with Gasteiger partial charge in [-0.2, -0.15) is 0 Å². The van der Waals surface area contributed by atoms with Crippen LogP contribution in [0.5, 0.6) is 0 Å². The third-order valence-electron chi connectivity index (χ3n) is 1.73. The molecule has 1 aromatic rings. The molecule has 1 rings (SSSR count). The minimum atomic E-state index is 0.465. The first kappa shape index (κ1) is 10.3. The van der Waals surface area contributed by atoms with E-state index in [-0.39, 0.29) is 0 Å². The monoisotopic (exact) mass is 294 g/mol. The van der Waals surface area contributed by atoms with Crippen LogP contribution >= 0.6 is 31.9 Å². The van der Waals surface area contributed by atoms with Crippen LogP contribution in [-0.2, 0) is 6.54 Å². The molecule has 0 aromatic carbocycles. The topological polar surface area (TPSA) is 17.8 Å². The number of imidazole rings is 1. The molecule has 0 amide bonds. The second-order valence-corrected chi connectivity index (χ2v) is 4.45. The van der Waals surface area contributed by atoms with Crippen LogP contribution < -0.4 is 0 Å². The van der Waals surface area contributed by atoms with E-state index < -0.39 is 0 Å². The predicted octanol–water partition coefficient (Wildman–Crippen LogP) is 3.55. The van der Waals surface area contributed by atoms with Crippen molar-refractivity contribution in [1.82, 2.24) is 9.55 Å². The number of hydrogen-bond acceptors (Lipinski definition) is 1. The van der Waals surface area contributed by atoms with Gasteiger partial charge in [-0.15, -0.1) is 0 Å². The fourth-order valence-corrected chi connectivity index (χ4v) is 2.08. The van der Waals surface area contributed by atoms with Gasteiger partial charge >= 0.3 is 0 Å². The van der Waals surface area contributed by atoms with E-state index in [1.165, 1.54) is 0 Å². The Morgan fingerprint density at radius 3 is 2.33 bits per heavy atom. The average molecular weight is 296 g/mol. The first-order chi connectivity index (χ1) is 5.57. The smallest absolute Gasteiger partial charge is 0.139 e. The number of nitrogens with zero attached hydrogens (tertiary/aromatic N) is 2. The molecule has 2 nitrogen and oxygen atoms in total. The lowest BCUT2D eigenvalue weighted by Crippen LogP contribution is -2.03. The van der Waals surface area contributed by atoms with Gasteiger partial charge in [-0.1, -0.05) is 13.8 Å². The molecule has 0 N–H and O–H groups in total. The maximum atomic E-state index is 4.41. The van der Waals surface area contributed by atoms with Gasteiger partial charge in [0.1, 0.15) is 15.0 Å². The molecule has 0 saturated carbocycles. The molecule has 0 radical (unpaired) electrons. The van der Waals surface area contributed by atoms with Gasteiger partial charge in [0.05, 0.1) is 0 Å². The molecule has 0 aliphatic carbocycles. The molecule has 0 aliphatic rings. The van der Waals surface area contributed by atoms with Gasteiger partial charge < -0.3 is 4.57 Å². The zero-order valence-corrected chi connectivity index (χ0v) is 10.6. The molecular formula is C8H12Br2N2. The van der Waals surface area contributed by atoms with Crippen LogP contribution in [0.1, 0.15) is 32.5 Å². The summed E-state index contributed by atoms with van der Waals surface area (Å²) < 4.78 is 4.09. The van der Waals surface area contributed by atoms with Crippen molar-refractivity contribution < 1.29 is 0 Å². The second kappa shape index (κ2) is 3.92. The molecule has 4 heteroatoms. The van der Waals surface area contributed by atoms with Crippen LogP contribution in [0.15, 0.2) is 9.21 Å². The van der Waals surface area contributed by atoms with Crippen molar-refractivity contribution in [2.45, 2.75) is 33.2 Å². The van der Waals surface area contributed by atoms with Gasteiger partial charge in [0, 0.05) is 12.5 Å². The van der Waals surface area contributed by atoms with E-state index in [1.54, 1.807) is 0 Å². The maximum absolute atomic E-state index is 4.41. The fourth-order valence-electron chi connectivity index (χ4n) is 1.16. The van der Waals surface area contributed by atoms with Crippen molar-refractivity contribution >= 4 is 31.9 Å². The lowest BCUT2D eigenvalue weighted by Gasteiger charge is -2.07. The van der Waals surface area contributed by atoms with Crippen molar-refractivity contribution in [2.75, 3.05) is 0 Å². The number of halogens is 2. The molecule has 12 heavy (non-hydrogen) atoms. The van der Waals surface area contributed by atoms with Crippen molar-refractivity contribution in [3.63, 3.8) is 0 Å². The first-order valence-electron chi connectivity index (χ1n) is 3.99. The Morgan fingerprint density at radius 1 is 1.42 bits per heavy atom. The molecule has 0 fully saturated rings. The highest BCUT2D eigenvalue weighted by molar-refractivity contribution is 9.13. The molecule has 0 spiro atoms. The summed E-state index contributed by atoms with van der Waals surface area (Å²) in [4.78, 5) is 4.41. The fraction of sp³-hybridized carbons (Fsp3) is 0.625. The number of rotatable bonds is 2. The number of hydrogen-bond donors (Lipinski definition) is 0. The third kappa shape index (κ3) is 1.74. The van der Waals surface area contributed by atoms with E-state index in [9.17, 15) is 0 Å². The first-order valence-corrected chi connectivity index (χ1v) is 5.58. The Hall–Kier alpha value is 0.170. The van der Waals surface area contributed by atoms with Crippen LogP contribution in [0.2, 0.25) is 0 Å². The Labute approximate surface area is 89.6 Å². The quantitative estimate of drug-likeness (QED) is 0.816. The summed E-state index contributed by atoms with van der Waals surface area (Å²) in [7, 11) is 0. The Balaban J connectivity index is 3.20. The minimum Gasteiger partial charge on any atom is -0.322 e. The van der Waals surface area contributed by atoms with Crippen LogP contribution in [0.3, 0.4) is 0 Å². The van der Waals surface area contributed by atoms with Crippen LogP contribution in [0, 0.1) is 0 Å². The summed E-state index contributed by atoms with van der Waals surface area (Å²) in [5.74, 6) is 1.59.